The maximum absolute atomic E-state index is 11.8. The Morgan fingerprint density at radius 3 is 2.44 bits per heavy atom. The Balaban J connectivity index is 1.29. The van der Waals surface area contributed by atoms with E-state index in [2.05, 4.69) is 10.2 Å². The van der Waals surface area contributed by atoms with Crippen LogP contribution in [-0.4, -0.2) is 43.8 Å². The molecule has 2 aliphatic rings. The van der Waals surface area contributed by atoms with Crippen molar-refractivity contribution < 1.29 is 17.9 Å². The maximum atomic E-state index is 11.8. The lowest BCUT2D eigenvalue weighted by Gasteiger charge is -2.34. The van der Waals surface area contributed by atoms with E-state index < -0.39 is 9.84 Å². The van der Waals surface area contributed by atoms with E-state index in [0.717, 1.165) is 65.3 Å². The van der Waals surface area contributed by atoms with Gasteiger partial charge in [-0.3, -0.25) is 0 Å². The molecular weight excluding hydrogens is 514 g/mol. The first kappa shape index (κ1) is 26.7. The topological polar surface area (TPSA) is 117 Å². The van der Waals surface area contributed by atoms with Crippen LogP contribution in [0.4, 0.5) is 11.6 Å². The summed E-state index contributed by atoms with van der Waals surface area (Å²) in [6.07, 6.45) is 6.23. The van der Waals surface area contributed by atoms with Gasteiger partial charge in [-0.25, -0.2) is 13.4 Å². The summed E-state index contributed by atoms with van der Waals surface area (Å²) in [4.78, 5) is 12.1. The molecule has 0 saturated carbocycles. The summed E-state index contributed by atoms with van der Waals surface area (Å²) in [7, 11) is -3.21. The van der Waals surface area contributed by atoms with E-state index in [1.807, 2.05) is 44.2 Å². The van der Waals surface area contributed by atoms with Crippen LogP contribution >= 0.6 is 0 Å². The molecule has 3 aromatic rings. The van der Waals surface area contributed by atoms with Gasteiger partial charge < -0.3 is 19.7 Å². The van der Waals surface area contributed by atoms with Crippen LogP contribution in [0.25, 0.3) is 6.08 Å². The number of sulfone groups is 1. The van der Waals surface area contributed by atoms with E-state index in [1.165, 1.54) is 12.3 Å². The average Bonchev–Trinajstić information content (AvgIpc) is 3.38. The Hall–Kier alpha value is -3.94. The first-order chi connectivity index (χ1) is 18.7. The number of nitrogens with one attached hydrogen (secondary N) is 1. The highest BCUT2D eigenvalue weighted by atomic mass is 32.2. The fraction of sp³-hybridized carbons (Fsp3) is 0.345. The van der Waals surface area contributed by atoms with Crippen LogP contribution in [0, 0.1) is 25.2 Å². The number of hydrogen-bond donors (Lipinski definition) is 1. The van der Waals surface area contributed by atoms with Crippen LogP contribution < -0.4 is 15.0 Å². The van der Waals surface area contributed by atoms with Crippen molar-refractivity contribution in [2.24, 2.45) is 0 Å². The molecule has 1 N–H and O–H groups in total. The summed E-state index contributed by atoms with van der Waals surface area (Å²) >= 11 is 0. The summed E-state index contributed by atoms with van der Waals surface area (Å²) in [5.41, 5.74) is 5.54. The fourth-order valence-corrected chi connectivity index (χ4v) is 5.64. The molecule has 5 rings (SSSR count). The lowest BCUT2D eigenvalue weighted by atomic mass is 10.0. The average molecular weight is 546 g/mol. The predicted octanol–water partition coefficient (Wildman–Crippen LogP) is 4.94. The number of nitrogens with zero attached hydrogens (tertiary/aromatic N) is 4. The van der Waals surface area contributed by atoms with Crippen LogP contribution in [0.2, 0.25) is 0 Å². The lowest BCUT2D eigenvalue weighted by molar-refractivity contribution is 0.132. The van der Waals surface area contributed by atoms with Gasteiger partial charge >= 0.3 is 0 Å². The fourth-order valence-electron chi connectivity index (χ4n) is 5.01. The number of hydrogen-bond acceptors (Lipinski definition) is 9. The van der Waals surface area contributed by atoms with Gasteiger partial charge in [0.15, 0.2) is 9.84 Å². The normalized spacial score (nSPS) is 15.8. The summed E-state index contributed by atoms with van der Waals surface area (Å²) in [5.74, 6) is 1.75. The van der Waals surface area contributed by atoms with Crippen molar-refractivity contribution >= 4 is 27.5 Å². The quantitative estimate of drug-likeness (QED) is 0.412. The SMILES string of the molecule is Cc1cc(/C=C/C#N)cc(C)c1Oc1nc(NC2CCN(c3ccc(S(C)(=O)=O)cc3)CC2)nc2c1COC2. The largest absolute Gasteiger partial charge is 0.438 e. The zero-order valence-electron chi connectivity index (χ0n) is 22.3. The molecule has 9 nitrogen and oxygen atoms in total. The van der Waals surface area contributed by atoms with Gasteiger partial charge in [-0.15, -0.1) is 0 Å². The van der Waals surface area contributed by atoms with Gasteiger partial charge in [0.2, 0.25) is 11.8 Å². The van der Waals surface area contributed by atoms with Crippen molar-refractivity contribution in [2.75, 3.05) is 29.6 Å². The number of aryl methyl sites for hydroxylation is 2. The second-order valence-corrected chi connectivity index (χ2v) is 12.0. The summed E-state index contributed by atoms with van der Waals surface area (Å²) in [6, 6.07) is 13.2. The molecule has 1 aromatic heterocycles. The smallest absolute Gasteiger partial charge is 0.230 e. The van der Waals surface area contributed by atoms with Crippen LogP contribution in [0.5, 0.6) is 11.6 Å². The molecule has 0 spiro atoms. The molecular formula is C29H31N5O4S. The lowest BCUT2D eigenvalue weighted by Crippen LogP contribution is -2.39. The minimum Gasteiger partial charge on any atom is -0.438 e. The third-order valence-electron chi connectivity index (χ3n) is 7.03. The molecule has 202 valence electrons. The molecule has 2 aromatic carbocycles. The first-order valence-corrected chi connectivity index (χ1v) is 14.7. The van der Waals surface area contributed by atoms with Crippen LogP contribution in [0.15, 0.2) is 47.4 Å². The van der Waals surface area contributed by atoms with E-state index in [-0.39, 0.29) is 6.04 Å². The van der Waals surface area contributed by atoms with Crippen molar-refractivity contribution in [1.29, 1.82) is 5.26 Å². The summed E-state index contributed by atoms with van der Waals surface area (Å²) < 4.78 is 35.5. The zero-order chi connectivity index (χ0) is 27.6. The molecule has 3 heterocycles. The molecule has 10 heteroatoms. The molecule has 0 atom stereocenters. The molecule has 2 aliphatic heterocycles. The number of piperidine rings is 1. The Bertz CT molecular complexity index is 1530. The van der Waals surface area contributed by atoms with Gasteiger partial charge in [-0.2, -0.15) is 10.2 Å². The molecule has 0 aliphatic carbocycles. The second kappa shape index (κ2) is 11.0. The Morgan fingerprint density at radius 1 is 1.10 bits per heavy atom. The first-order valence-electron chi connectivity index (χ1n) is 12.9. The van der Waals surface area contributed by atoms with Gasteiger partial charge in [0.05, 0.1) is 35.4 Å². The van der Waals surface area contributed by atoms with E-state index in [4.69, 9.17) is 24.7 Å². The number of nitriles is 1. The number of benzene rings is 2. The molecule has 0 radical (unpaired) electrons. The maximum Gasteiger partial charge on any atom is 0.230 e. The van der Waals surface area contributed by atoms with Crippen molar-refractivity contribution in [3.05, 3.63) is 70.4 Å². The highest BCUT2D eigenvalue weighted by Crippen LogP contribution is 2.35. The molecule has 1 fully saturated rings. The summed E-state index contributed by atoms with van der Waals surface area (Å²) in [5, 5.41) is 12.3. The highest BCUT2D eigenvalue weighted by molar-refractivity contribution is 7.90. The predicted molar refractivity (Wildman–Crippen MR) is 150 cm³/mol. The Kier molecular flexibility index (Phi) is 7.55. The monoisotopic (exact) mass is 545 g/mol. The van der Waals surface area contributed by atoms with Crippen LogP contribution in [0.3, 0.4) is 0 Å². The number of allylic oxidation sites excluding steroid dienone is 1. The highest BCUT2D eigenvalue weighted by Gasteiger charge is 2.25. The minimum atomic E-state index is -3.21. The number of aromatic nitrogens is 2. The molecule has 0 unspecified atom stereocenters. The van der Waals surface area contributed by atoms with E-state index in [9.17, 15) is 8.42 Å². The third kappa shape index (κ3) is 6.05. The van der Waals surface area contributed by atoms with E-state index >= 15 is 0 Å². The Labute approximate surface area is 229 Å². The number of fused-ring (bicyclic) bond motifs is 1. The standard InChI is InChI=1S/C29H31N5O4S/c1-19-15-21(5-4-12-30)16-20(2)27(19)38-28-25-17-37-18-26(25)32-29(33-28)31-22-10-13-34(14-11-22)23-6-8-24(9-7-23)39(3,35)36/h4-9,15-16,22H,10-11,13-14,17-18H2,1-3H3,(H,31,32,33)/b5-4+. The van der Waals surface area contributed by atoms with Gasteiger partial charge in [-0.05, 0) is 85.9 Å². The van der Waals surface area contributed by atoms with E-state index in [0.29, 0.717) is 29.9 Å². The number of rotatable bonds is 7. The van der Waals surface area contributed by atoms with Crippen LogP contribution in [-0.2, 0) is 27.8 Å². The second-order valence-electron chi connectivity index (χ2n) is 9.99. The minimum absolute atomic E-state index is 0.194. The van der Waals surface area contributed by atoms with Gasteiger partial charge in [0, 0.05) is 37.2 Å². The third-order valence-corrected chi connectivity index (χ3v) is 8.16. The van der Waals surface area contributed by atoms with Gasteiger partial charge in [0.25, 0.3) is 0 Å². The molecule has 0 amide bonds. The molecule has 0 bridgehead atoms. The Morgan fingerprint density at radius 2 is 1.79 bits per heavy atom. The number of anilines is 2. The van der Waals surface area contributed by atoms with Crippen molar-refractivity contribution in [3.63, 3.8) is 0 Å². The molecule has 39 heavy (non-hydrogen) atoms. The van der Waals surface area contributed by atoms with Crippen molar-refractivity contribution in [2.45, 2.75) is 50.8 Å². The van der Waals surface area contributed by atoms with Gasteiger partial charge in [0.1, 0.15) is 5.75 Å². The summed E-state index contributed by atoms with van der Waals surface area (Å²) in [6.45, 7) is 6.44. The number of ether oxygens (including phenoxy) is 2. The molecule has 1 saturated heterocycles. The van der Waals surface area contributed by atoms with E-state index in [1.54, 1.807) is 18.2 Å². The zero-order valence-corrected chi connectivity index (χ0v) is 23.1. The van der Waals surface area contributed by atoms with Gasteiger partial charge in [-0.1, -0.05) is 0 Å². The van der Waals surface area contributed by atoms with Crippen LogP contribution in [0.1, 0.15) is 40.8 Å². The van der Waals surface area contributed by atoms with Crippen molar-refractivity contribution in [1.82, 2.24) is 9.97 Å². The van der Waals surface area contributed by atoms with Crippen molar-refractivity contribution in [3.8, 4) is 17.7 Å².